The molecule has 138 valence electrons. The lowest BCUT2D eigenvalue weighted by Crippen LogP contribution is -2.14. The second-order valence-corrected chi connectivity index (χ2v) is 6.33. The first-order chi connectivity index (χ1) is 13.1. The van der Waals surface area contributed by atoms with Gasteiger partial charge in [0.05, 0.1) is 12.3 Å². The molecular weight excluding hydrogens is 362 g/mol. The Balaban J connectivity index is 1.79. The van der Waals surface area contributed by atoms with Gasteiger partial charge in [-0.15, -0.1) is 0 Å². The van der Waals surface area contributed by atoms with E-state index in [-0.39, 0.29) is 5.91 Å². The molecule has 3 aromatic rings. The Bertz CT molecular complexity index is 960. The van der Waals surface area contributed by atoms with Crippen molar-refractivity contribution in [1.82, 2.24) is 4.98 Å². The summed E-state index contributed by atoms with van der Waals surface area (Å²) in [7, 11) is 0. The summed E-state index contributed by atoms with van der Waals surface area (Å²) in [5.41, 5.74) is 3.45. The zero-order chi connectivity index (χ0) is 19.2. The summed E-state index contributed by atoms with van der Waals surface area (Å²) in [4.78, 5) is 16.8. The lowest BCUT2D eigenvalue weighted by atomic mass is 10.2. The number of hydrogen-bond donors (Lipinski definition) is 2. The minimum atomic E-state index is -0.304. The van der Waals surface area contributed by atoms with Gasteiger partial charge in [-0.05, 0) is 55.8 Å². The highest BCUT2D eigenvalue weighted by Crippen LogP contribution is 2.27. The highest BCUT2D eigenvalue weighted by Gasteiger charge is 2.11. The Hall–Kier alpha value is -3.05. The molecule has 1 aromatic heterocycles. The average molecular weight is 382 g/mol. The first-order valence-corrected chi connectivity index (χ1v) is 8.97. The van der Waals surface area contributed by atoms with Gasteiger partial charge in [-0.2, -0.15) is 0 Å². The second kappa shape index (κ2) is 8.56. The molecule has 27 heavy (non-hydrogen) atoms. The number of benzene rings is 2. The molecule has 2 N–H and O–H groups in total. The third-order valence-electron chi connectivity index (χ3n) is 3.91. The van der Waals surface area contributed by atoms with Gasteiger partial charge in [0.2, 0.25) is 0 Å². The third-order valence-corrected chi connectivity index (χ3v) is 4.14. The van der Waals surface area contributed by atoms with E-state index in [1.165, 1.54) is 0 Å². The number of carbonyl (C=O) groups is 1. The van der Waals surface area contributed by atoms with Crippen molar-refractivity contribution >= 4 is 34.6 Å². The molecule has 5 nitrogen and oxygen atoms in total. The van der Waals surface area contributed by atoms with E-state index in [2.05, 4.69) is 15.6 Å². The van der Waals surface area contributed by atoms with Gasteiger partial charge in [-0.3, -0.25) is 9.78 Å². The van der Waals surface area contributed by atoms with Crippen LogP contribution < -0.4 is 15.4 Å². The van der Waals surface area contributed by atoms with Gasteiger partial charge in [-0.1, -0.05) is 29.8 Å². The number of rotatable bonds is 6. The van der Waals surface area contributed by atoms with Crippen LogP contribution in [0.3, 0.4) is 0 Å². The number of halogens is 1. The average Bonchev–Trinajstić information content (AvgIpc) is 2.67. The summed E-state index contributed by atoms with van der Waals surface area (Å²) >= 11 is 6.01. The number of ether oxygens (including phenoxy) is 1. The maximum Gasteiger partial charge on any atom is 0.274 e. The molecule has 0 aliphatic carbocycles. The van der Waals surface area contributed by atoms with Crippen LogP contribution in [0.4, 0.5) is 17.1 Å². The number of amides is 1. The van der Waals surface area contributed by atoms with Crippen LogP contribution in [-0.4, -0.2) is 17.5 Å². The number of nitrogens with one attached hydrogen (secondary N) is 2. The molecule has 0 saturated heterocycles. The van der Waals surface area contributed by atoms with E-state index >= 15 is 0 Å². The van der Waals surface area contributed by atoms with Crippen molar-refractivity contribution in [2.24, 2.45) is 0 Å². The van der Waals surface area contributed by atoms with Crippen LogP contribution in [0, 0.1) is 6.92 Å². The fourth-order valence-corrected chi connectivity index (χ4v) is 2.73. The van der Waals surface area contributed by atoms with Crippen LogP contribution in [0.2, 0.25) is 5.02 Å². The van der Waals surface area contributed by atoms with Gasteiger partial charge in [-0.25, -0.2) is 0 Å². The predicted molar refractivity (Wildman–Crippen MR) is 109 cm³/mol. The summed E-state index contributed by atoms with van der Waals surface area (Å²) in [6.45, 7) is 4.41. The molecule has 6 heteroatoms. The van der Waals surface area contributed by atoms with Crippen LogP contribution in [-0.2, 0) is 0 Å². The molecule has 0 unspecified atom stereocenters. The molecule has 3 rings (SSSR count). The van der Waals surface area contributed by atoms with Gasteiger partial charge < -0.3 is 15.4 Å². The normalized spacial score (nSPS) is 10.3. The number of para-hydroxylation sites is 2. The first-order valence-electron chi connectivity index (χ1n) is 8.59. The van der Waals surface area contributed by atoms with E-state index in [1.807, 2.05) is 44.2 Å². The summed E-state index contributed by atoms with van der Waals surface area (Å²) in [5, 5.41) is 6.68. The van der Waals surface area contributed by atoms with Gasteiger partial charge in [0, 0.05) is 22.6 Å². The maximum absolute atomic E-state index is 12.6. The second-order valence-electron chi connectivity index (χ2n) is 5.90. The minimum absolute atomic E-state index is 0.299. The van der Waals surface area contributed by atoms with Crippen LogP contribution >= 0.6 is 11.6 Å². The standard InChI is InChI=1S/C21H20ClN3O2/c1-3-27-20-7-5-4-6-17(20)24-16-10-11-23-19(13-16)21(26)25-18-12-15(22)9-8-14(18)2/h4-13H,3H2,1-2H3,(H,23,24)(H,25,26). The number of nitrogens with zero attached hydrogens (tertiary/aromatic N) is 1. The van der Waals surface area contributed by atoms with Crippen molar-refractivity contribution in [2.75, 3.05) is 17.2 Å². The third kappa shape index (κ3) is 4.77. The zero-order valence-electron chi connectivity index (χ0n) is 15.1. The molecule has 0 spiro atoms. The molecule has 0 fully saturated rings. The fourth-order valence-electron chi connectivity index (χ4n) is 2.55. The van der Waals surface area contributed by atoms with Gasteiger partial charge in [0.1, 0.15) is 11.4 Å². The molecule has 0 aliphatic heterocycles. The molecule has 0 atom stereocenters. The Morgan fingerprint density at radius 3 is 2.74 bits per heavy atom. The minimum Gasteiger partial charge on any atom is -0.492 e. The SMILES string of the molecule is CCOc1ccccc1Nc1ccnc(C(=O)Nc2cc(Cl)ccc2C)c1. The zero-order valence-corrected chi connectivity index (χ0v) is 15.9. The Labute approximate surface area is 163 Å². The van der Waals surface area contributed by atoms with Crippen LogP contribution in [0.5, 0.6) is 5.75 Å². The Morgan fingerprint density at radius 2 is 1.93 bits per heavy atom. The molecular formula is C21H20ClN3O2. The van der Waals surface area contributed by atoms with Crippen molar-refractivity contribution < 1.29 is 9.53 Å². The van der Waals surface area contributed by atoms with E-state index in [0.717, 1.165) is 22.7 Å². The lowest BCUT2D eigenvalue weighted by molar-refractivity contribution is 0.102. The van der Waals surface area contributed by atoms with Crippen molar-refractivity contribution in [3.8, 4) is 5.75 Å². The maximum atomic E-state index is 12.6. The van der Waals surface area contributed by atoms with Crippen molar-refractivity contribution in [2.45, 2.75) is 13.8 Å². The van der Waals surface area contributed by atoms with Crippen LogP contribution in [0.15, 0.2) is 60.8 Å². The first kappa shape index (κ1) is 18.7. The van der Waals surface area contributed by atoms with Crippen LogP contribution in [0.25, 0.3) is 0 Å². The summed E-state index contributed by atoms with van der Waals surface area (Å²) < 4.78 is 5.62. The van der Waals surface area contributed by atoms with Crippen molar-refractivity contribution in [1.29, 1.82) is 0 Å². The molecule has 0 aliphatic rings. The van der Waals surface area contributed by atoms with E-state index in [4.69, 9.17) is 16.3 Å². The molecule has 1 heterocycles. The topological polar surface area (TPSA) is 63.2 Å². The van der Waals surface area contributed by atoms with E-state index in [1.54, 1.807) is 30.5 Å². The fraction of sp³-hybridized carbons (Fsp3) is 0.143. The molecule has 2 aromatic carbocycles. The molecule has 0 saturated carbocycles. The number of carbonyl (C=O) groups excluding carboxylic acids is 1. The van der Waals surface area contributed by atoms with Gasteiger partial charge >= 0.3 is 0 Å². The highest BCUT2D eigenvalue weighted by atomic mass is 35.5. The summed E-state index contributed by atoms with van der Waals surface area (Å²) in [5.74, 6) is 0.444. The summed E-state index contributed by atoms with van der Waals surface area (Å²) in [6.07, 6.45) is 1.59. The summed E-state index contributed by atoms with van der Waals surface area (Å²) in [6, 6.07) is 16.5. The Morgan fingerprint density at radius 1 is 1.11 bits per heavy atom. The number of anilines is 3. The van der Waals surface area contributed by atoms with E-state index in [9.17, 15) is 4.79 Å². The molecule has 0 bridgehead atoms. The number of aryl methyl sites for hydroxylation is 1. The quantitative estimate of drug-likeness (QED) is 0.597. The molecule has 1 amide bonds. The number of pyridine rings is 1. The smallest absolute Gasteiger partial charge is 0.274 e. The van der Waals surface area contributed by atoms with E-state index < -0.39 is 0 Å². The van der Waals surface area contributed by atoms with Crippen molar-refractivity contribution in [3.05, 3.63) is 77.1 Å². The van der Waals surface area contributed by atoms with E-state index in [0.29, 0.717) is 23.0 Å². The van der Waals surface area contributed by atoms with Gasteiger partial charge in [0.25, 0.3) is 5.91 Å². The van der Waals surface area contributed by atoms with Gasteiger partial charge in [0.15, 0.2) is 0 Å². The number of aromatic nitrogens is 1. The lowest BCUT2D eigenvalue weighted by Gasteiger charge is -2.13. The van der Waals surface area contributed by atoms with Crippen LogP contribution in [0.1, 0.15) is 23.0 Å². The highest BCUT2D eigenvalue weighted by molar-refractivity contribution is 6.31. The number of hydrogen-bond acceptors (Lipinski definition) is 4. The monoisotopic (exact) mass is 381 g/mol. The molecule has 0 radical (unpaired) electrons. The Kier molecular flexibility index (Phi) is 5.94. The van der Waals surface area contributed by atoms with Crippen molar-refractivity contribution in [3.63, 3.8) is 0 Å². The largest absolute Gasteiger partial charge is 0.492 e. The predicted octanol–water partition coefficient (Wildman–Crippen LogP) is 5.44.